The summed E-state index contributed by atoms with van der Waals surface area (Å²) in [5.74, 6) is -0.792. The molecule has 0 saturated carbocycles. The molecule has 1 aromatic carbocycles. The van der Waals surface area contributed by atoms with Gasteiger partial charge in [0.25, 0.3) is 0 Å². The van der Waals surface area contributed by atoms with Crippen LogP contribution in [-0.2, 0) is 24.3 Å². The number of methoxy groups -OCH3 is 1. The first-order valence-electron chi connectivity index (χ1n) is 8.26. The van der Waals surface area contributed by atoms with Gasteiger partial charge in [-0.1, -0.05) is 11.6 Å². The fourth-order valence-corrected chi connectivity index (χ4v) is 4.45. The fraction of sp³-hybridized carbons (Fsp3) is 0.529. The first kappa shape index (κ1) is 20.5. The largest absolute Gasteiger partial charge is 0.469 e. The number of ether oxygens (including phenoxy) is 1. The maximum absolute atomic E-state index is 12.9. The molecule has 1 aliphatic rings. The van der Waals surface area contributed by atoms with Crippen molar-refractivity contribution in [2.45, 2.75) is 25.8 Å². The van der Waals surface area contributed by atoms with Gasteiger partial charge in [0.2, 0.25) is 15.9 Å². The van der Waals surface area contributed by atoms with Crippen LogP contribution in [0.25, 0.3) is 0 Å². The molecule has 0 aliphatic carbocycles. The molecule has 1 amide bonds. The zero-order valence-corrected chi connectivity index (χ0v) is 16.6. The molecule has 1 aliphatic heterocycles. The lowest BCUT2D eigenvalue weighted by atomic mass is 9.96. The molecule has 0 aromatic heterocycles. The number of carbonyl (C=O) groups is 2. The van der Waals surface area contributed by atoms with Crippen LogP contribution < -0.4 is 4.31 Å². The van der Waals surface area contributed by atoms with Gasteiger partial charge in [0.1, 0.15) is 6.04 Å². The molecule has 1 aromatic rings. The number of hydrogen-bond acceptors (Lipinski definition) is 5. The van der Waals surface area contributed by atoms with Gasteiger partial charge >= 0.3 is 5.97 Å². The van der Waals surface area contributed by atoms with E-state index in [1.807, 2.05) is 0 Å². The van der Waals surface area contributed by atoms with Gasteiger partial charge in [-0.25, -0.2) is 8.42 Å². The Morgan fingerprint density at radius 1 is 1.23 bits per heavy atom. The number of anilines is 1. The standard InChI is InChI=1S/C17H23ClN2O5S/c1-12(16(21)19-10-8-13(9-11-19)17(22)25-2)20(26(3,23)24)15-6-4-14(18)5-7-15/h4-7,12-13H,8-11H2,1-3H3/t12-/m0/s1. The Morgan fingerprint density at radius 3 is 2.23 bits per heavy atom. The third-order valence-corrected chi connectivity index (χ3v) is 5.98. The van der Waals surface area contributed by atoms with E-state index >= 15 is 0 Å². The molecular weight excluding hydrogens is 380 g/mol. The van der Waals surface area contributed by atoms with Crippen molar-refractivity contribution in [3.63, 3.8) is 0 Å². The zero-order valence-electron chi connectivity index (χ0n) is 15.0. The van der Waals surface area contributed by atoms with Crippen molar-refractivity contribution >= 4 is 39.2 Å². The van der Waals surface area contributed by atoms with E-state index in [1.165, 1.54) is 7.11 Å². The summed E-state index contributed by atoms with van der Waals surface area (Å²) in [5.41, 5.74) is 0.377. The van der Waals surface area contributed by atoms with Crippen LogP contribution in [0, 0.1) is 5.92 Å². The lowest BCUT2D eigenvalue weighted by Gasteiger charge is -2.36. The number of nitrogens with zero attached hydrogens (tertiary/aromatic N) is 2. The molecule has 0 spiro atoms. The summed E-state index contributed by atoms with van der Waals surface area (Å²) in [4.78, 5) is 26.1. The van der Waals surface area contributed by atoms with E-state index in [4.69, 9.17) is 16.3 Å². The van der Waals surface area contributed by atoms with Gasteiger partial charge in [-0.3, -0.25) is 13.9 Å². The van der Waals surface area contributed by atoms with Gasteiger partial charge in [0, 0.05) is 18.1 Å². The molecule has 9 heteroatoms. The van der Waals surface area contributed by atoms with Crippen LogP contribution in [0.3, 0.4) is 0 Å². The van der Waals surface area contributed by atoms with E-state index in [-0.39, 0.29) is 17.8 Å². The van der Waals surface area contributed by atoms with Crippen LogP contribution in [0.15, 0.2) is 24.3 Å². The van der Waals surface area contributed by atoms with E-state index in [0.717, 1.165) is 10.6 Å². The Hall–Kier alpha value is -1.80. The second kappa shape index (κ2) is 8.26. The van der Waals surface area contributed by atoms with Crippen molar-refractivity contribution in [3.05, 3.63) is 29.3 Å². The summed E-state index contributed by atoms with van der Waals surface area (Å²) in [6.45, 7) is 2.34. The maximum Gasteiger partial charge on any atom is 0.308 e. The van der Waals surface area contributed by atoms with E-state index in [0.29, 0.717) is 36.6 Å². The molecule has 26 heavy (non-hydrogen) atoms. The summed E-state index contributed by atoms with van der Waals surface area (Å²) < 4.78 is 30.4. The number of amides is 1. The number of esters is 1. The van der Waals surface area contributed by atoms with Gasteiger partial charge in [-0.2, -0.15) is 0 Å². The van der Waals surface area contributed by atoms with Crippen LogP contribution in [-0.4, -0.2) is 57.7 Å². The summed E-state index contributed by atoms with van der Waals surface area (Å²) in [6, 6.07) is 5.39. The molecule has 7 nitrogen and oxygen atoms in total. The van der Waals surface area contributed by atoms with Crippen molar-refractivity contribution in [1.82, 2.24) is 4.90 Å². The van der Waals surface area contributed by atoms with Crippen molar-refractivity contribution in [2.24, 2.45) is 5.92 Å². The molecule has 0 radical (unpaired) electrons. The van der Waals surface area contributed by atoms with Crippen LogP contribution in [0.4, 0.5) is 5.69 Å². The average molecular weight is 403 g/mol. The number of halogens is 1. The van der Waals surface area contributed by atoms with E-state index in [2.05, 4.69) is 0 Å². The van der Waals surface area contributed by atoms with E-state index in [9.17, 15) is 18.0 Å². The summed E-state index contributed by atoms with van der Waals surface area (Å²) >= 11 is 5.86. The minimum Gasteiger partial charge on any atom is -0.469 e. The van der Waals surface area contributed by atoms with Crippen molar-refractivity contribution < 1.29 is 22.7 Å². The fourth-order valence-electron chi connectivity index (χ4n) is 3.16. The third kappa shape index (κ3) is 4.67. The smallest absolute Gasteiger partial charge is 0.308 e. The lowest BCUT2D eigenvalue weighted by molar-refractivity contribution is -0.149. The second-order valence-corrected chi connectivity index (χ2v) is 8.63. The minimum atomic E-state index is -3.67. The molecule has 144 valence electrons. The van der Waals surface area contributed by atoms with Gasteiger partial charge in [-0.05, 0) is 44.0 Å². The summed E-state index contributed by atoms with van der Waals surface area (Å²) in [5, 5.41) is 0.478. The Labute approximate surface area is 158 Å². The zero-order chi connectivity index (χ0) is 19.5. The van der Waals surface area contributed by atoms with Crippen LogP contribution in [0.5, 0.6) is 0 Å². The Bertz CT molecular complexity index is 758. The highest BCUT2D eigenvalue weighted by Crippen LogP contribution is 2.25. The van der Waals surface area contributed by atoms with Crippen molar-refractivity contribution in [2.75, 3.05) is 30.8 Å². The lowest BCUT2D eigenvalue weighted by Crippen LogP contribution is -2.51. The topological polar surface area (TPSA) is 84.0 Å². The second-order valence-electron chi connectivity index (χ2n) is 6.33. The average Bonchev–Trinajstić information content (AvgIpc) is 2.61. The van der Waals surface area contributed by atoms with Crippen LogP contribution in [0.2, 0.25) is 5.02 Å². The number of likely N-dealkylation sites (tertiary alicyclic amines) is 1. The summed E-state index contributed by atoms with van der Waals surface area (Å²) in [7, 11) is -2.33. The van der Waals surface area contributed by atoms with Crippen LogP contribution in [0.1, 0.15) is 19.8 Å². The Balaban J connectivity index is 2.16. The van der Waals surface area contributed by atoms with Gasteiger partial charge < -0.3 is 9.64 Å². The quantitative estimate of drug-likeness (QED) is 0.702. The number of sulfonamides is 1. The molecule has 0 N–H and O–H groups in total. The highest BCUT2D eigenvalue weighted by atomic mass is 35.5. The monoisotopic (exact) mass is 402 g/mol. The Kier molecular flexibility index (Phi) is 6.52. The van der Waals surface area contributed by atoms with Crippen LogP contribution >= 0.6 is 11.6 Å². The molecular formula is C17H23ClN2O5S. The Morgan fingerprint density at radius 2 is 1.77 bits per heavy atom. The maximum atomic E-state index is 12.9. The third-order valence-electron chi connectivity index (χ3n) is 4.49. The predicted octanol–water partition coefficient (Wildman–Crippen LogP) is 1.91. The highest BCUT2D eigenvalue weighted by Gasteiger charge is 2.35. The molecule has 1 heterocycles. The number of rotatable bonds is 5. The molecule has 0 bridgehead atoms. The van der Waals surface area contributed by atoms with Crippen molar-refractivity contribution in [3.8, 4) is 0 Å². The number of carbonyl (C=O) groups excluding carboxylic acids is 2. The van der Waals surface area contributed by atoms with Gasteiger partial charge in [-0.15, -0.1) is 0 Å². The predicted molar refractivity (Wildman–Crippen MR) is 99.6 cm³/mol. The SMILES string of the molecule is COC(=O)C1CCN(C(=O)[C@H](C)N(c2ccc(Cl)cc2)S(C)(=O)=O)CC1. The molecule has 0 unspecified atom stereocenters. The van der Waals surface area contributed by atoms with E-state index in [1.54, 1.807) is 36.1 Å². The van der Waals surface area contributed by atoms with Gasteiger partial charge in [0.15, 0.2) is 0 Å². The number of piperidine rings is 1. The number of hydrogen-bond donors (Lipinski definition) is 0. The number of benzene rings is 1. The first-order valence-corrected chi connectivity index (χ1v) is 10.5. The highest BCUT2D eigenvalue weighted by molar-refractivity contribution is 7.92. The molecule has 2 rings (SSSR count). The molecule has 1 saturated heterocycles. The normalized spacial score (nSPS) is 16.8. The molecule has 1 fully saturated rings. The first-order chi connectivity index (χ1) is 12.1. The minimum absolute atomic E-state index is 0.221. The summed E-state index contributed by atoms with van der Waals surface area (Å²) in [6.07, 6.45) is 2.07. The van der Waals surface area contributed by atoms with E-state index < -0.39 is 16.1 Å². The van der Waals surface area contributed by atoms with Crippen molar-refractivity contribution in [1.29, 1.82) is 0 Å². The van der Waals surface area contributed by atoms with Gasteiger partial charge in [0.05, 0.1) is 25.0 Å². The molecule has 1 atom stereocenters.